The summed E-state index contributed by atoms with van der Waals surface area (Å²) in [4.78, 5) is 0.314. The van der Waals surface area contributed by atoms with Crippen LogP contribution in [0.15, 0.2) is 0 Å². The van der Waals surface area contributed by atoms with Gasteiger partial charge in [0.05, 0.1) is 5.75 Å². The summed E-state index contributed by atoms with van der Waals surface area (Å²) in [6.07, 6.45) is 0.731. The van der Waals surface area contributed by atoms with Crippen molar-refractivity contribution >= 4 is 42.9 Å². The number of alkyl halides is 2. The summed E-state index contributed by atoms with van der Waals surface area (Å²) in [6.45, 7) is 0. The van der Waals surface area contributed by atoms with Crippen molar-refractivity contribution in [2.24, 2.45) is 0 Å². The Morgan fingerprint density at radius 2 is 2.22 bits per heavy atom. The highest BCUT2D eigenvalue weighted by molar-refractivity contribution is 9.12. The molecule has 0 aromatic heterocycles. The predicted octanol–water partition coefficient (Wildman–Crippen LogP) is 1.76. The lowest BCUT2D eigenvalue weighted by atomic mass is 10.4. The first-order valence-corrected chi connectivity index (χ1v) is 5.75. The van der Waals surface area contributed by atoms with E-state index in [-0.39, 0.29) is 0 Å². The number of hydrogen-bond donors (Lipinski definition) is 1. The maximum absolute atomic E-state index is 10.1. The van der Waals surface area contributed by atoms with Gasteiger partial charge >= 0.3 is 0 Å². The van der Waals surface area contributed by atoms with Gasteiger partial charge in [-0.25, -0.2) is 4.21 Å². The lowest BCUT2D eigenvalue weighted by Gasteiger charge is -2.00. The average Bonchev–Trinajstić information content (AvgIpc) is 1.83. The van der Waals surface area contributed by atoms with E-state index in [1.165, 1.54) is 0 Å². The van der Waals surface area contributed by atoms with Crippen molar-refractivity contribution in [3.8, 4) is 0 Å². The smallest absolute Gasteiger partial charge is 0.152 e. The fraction of sp³-hybridized carbons (Fsp3) is 1.00. The summed E-state index contributed by atoms with van der Waals surface area (Å²) in [6, 6.07) is 0. The van der Waals surface area contributed by atoms with Crippen LogP contribution in [-0.2, 0) is 11.1 Å². The Kier molecular flexibility index (Phi) is 6.52. The molecule has 9 heavy (non-hydrogen) atoms. The van der Waals surface area contributed by atoms with E-state index in [0.717, 1.165) is 11.8 Å². The van der Waals surface area contributed by atoms with Crippen LogP contribution in [0.1, 0.15) is 6.42 Å². The molecule has 0 saturated carbocycles. The molecule has 5 heteroatoms. The Morgan fingerprint density at radius 3 is 2.56 bits per heavy atom. The fourth-order valence-corrected chi connectivity index (χ4v) is 1.65. The highest BCUT2D eigenvalue weighted by atomic mass is 79.9. The summed E-state index contributed by atoms with van der Waals surface area (Å²) in [5.41, 5.74) is 0. The van der Waals surface area contributed by atoms with E-state index in [9.17, 15) is 4.21 Å². The Labute approximate surface area is 73.9 Å². The van der Waals surface area contributed by atoms with Gasteiger partial charge in [-0.05, 0) is 6.42 Å². The molecular weight excluding hydrogens is 272 g/mol. The predicted molar refractivity (Wildman–Crippen MR) is 46.8 cm³/mol. The summed E-state index contributed by atoms with van der Waals surface area (Å²) in [7, 11) is 0. The molecule has 0 rings (SSSR count). The second kappa shape index (κ2) is 5.82. The van der Waals surface area contributed by atoms with Crippen molar-refractivity contribution in [2.45, 2.75) is 11.2 Å². The van der Waals surface area contributed by atoms with E-state index in [2.05, 4.69) is 31.9 Å². The van der Waals surface area contributed by atoms with E-state index < -0.39 is 11.1 Å². The van der Waals surface area contributed by atoms with Crippen molar-refractivity contribution in [1.29, 1.82) is 0 Å². The average molecular weight is 280 g/mol. The molecule has 0 spiro atoms. The third-order valence-electron chi connectivity index (χ3n) is 0.773. The maximum Gasteiger partial charge on any atom is 0.152 e. The molecule has 0 aromatic rings. The van der Waals surface area contributed by atoms with Crippen molar-refractivity contribution in [1.82, 2.24) is 0 Å². The lowest BCUT2D eigenvalue weighted by Crippen LogP contribution is -2.05. The van der Waals surface area contributed by atoms with Gasteiger partial charge in [0.1, 0.15) is 0 Å². The number of hydrogen-bond acceptors (Lipinski definition) is 1. The molecular formula is C4H8Br2O2S. The minimum Gasteiger partial charge on any atom is -0.306 e. The highest BCUT2D eigenvalue weighted by Gasteiger charge is 2.02. The zero-order valence-corrected chi connectivity index (χ0v) is 8.71. The molecule has 2 atom stereocenters. The van der Waals surface area contributed by atoms with Crippen LogP contribution in [-0.4, -0.2) is 24.7 Å². The van der Waals surface area contributed by atoms with Crippen LogP contribution in [0, 0.1) is 0 Å². The highest BCUT2D eigenvalue weighted by Crippen LogP contribution is 2.07. The summed E-state index contributed by atoms with van der Waals surface area (Å²) < 4.78 is 18.4. The quantitative estimate of drug-likeness (QED) is 0.629. The molecule has 0 bridgehead atoms. The first-order chi connectivity index (χ1) is 4.16. The monoisotopic (exact) mass is 278 g/mol. The standard InChI is InChI=1S/C4H8Br2O2S/c5-3-4(6)1-2-9(7)8/h4H,1-3H2,(H,7,8). The van der Waals surface area contributed by atoms with Crippen molar-refractivity contribution in [3.63, 3.8) is 0 Å². The summed E-state index contributed by atoms with van der Waals surface area (Å²) in [5, 5.41) is 0.824. The second-order valence-electron chi connectivity index (χ2n) is 1.57. The Bertz CT molecular complexity index is 98.6. The third kappa shape index (κ3) is 6.96. The van der Waals surface area contributed by atoms with Crippen molar-refractivity contribution < 1.29 is 8.76 Å². The normalized spacial score (nSPS) is 17.2. The van der Waals surface area contributed by atoms with Gasteiger partial charge < -0.3 is 4.55 Å². The van der Waals surface area contributed by atoms with Crippen molar-refractivity contribution in [3.05, 3.63) is 0 Å². The molecule has 0 aromatic carbocycles. The largest absolute Gasteiger partial charge is 0.306 e. The summed E-state index contributed by atoms with van der Waals surface area (Å²) in [5.74, 6) is 0.349. The van der Waals surface area contributed by atoms with Crippen LogP contribution < -0.4 is 0 Å². The molecule has 0 saturated heterocycles. The number of halogens is 2. The van der Waals surface area contributed by atoms with Crippen LogP contribution in [0.5, 0.6) is 0 Å². The van der Waals surface area contributed by atoms with E-state index in [4.69, 9.17) is 4.55 Å². The Morgan fingerprint density at radius 1 is 1.67 bits per heavy atom. The van der Waals surface area contributed by atoms with Gasteiger partial charge in [-0.3, -0.25) is 0 Å². The Hall–Kier alpha value is 1.07. The van der Waals surface area contributed by atoms with Gasteiger partial charge in [-0.1, -0.05) is 31.9 Å². The van der Waals surface area contributed by atoms with Gasteiger partial charge in [0.2, 0.25) is 0 Å². The van der Waals surface area contributed by atoms with Crippen LogP contribution in [0.25, 0.3) is 0 Å². The third-order valence-corrected chi connectivity index (χ3v) is 3.79. The van der Waals surface area contributed by atoms with E-state index in [0.29, 0.717) is 10.6 Å². The molecule has 0 radical (unpaired) electrons. The fourth-order valence-electron chi connectivity index (χ4n) is 0.306. The zero-order chi connectivity index (χ0) is 7.28. The number of rotatable bonds is 4. The SMILES string of the molecule is O=S(O)CCC(Br)CBr. The van der Waals surface area contributed by atoms with Gasteiger partial charge in [-0.2, -0.15) is 0 Å². The molecule has 1 N–H and O–H groups in total. The van der Waals surface area contributed by atoms with Gasteiger partial charge in [0.25, 0.3) is 0 Å². The lowest BCUT2D eigenvalue weighted by molar-refractivity contribution is 0.562. The van der Waals surface area contributed by atoms with Crippen LogP contribution in [0.2, 0.25) is 0 Å². The molecule has 2 unspecified atom stereocenters. The molecule has 0 aliphatic carbocycles. The zero-order valence-electron chi connectivity index (χ0n) is 4.72. The first-order valence-electron chi connectivity index (χ1n) is 2.44. The van der Waals surface area contributed by atoms with Crippen molar-refractivity contribution in [2.75, 3.05) is 11.1 Å². The summed E-state index contributed by atoms with van der Waals surface area (Å²) >= 11 is 4.91. The molecule has 0 aliphatic heterocycles. The van der Waals surface area contributed by atoms with Crippen LogP contribution in [0.4, 0.5) is 0 Å². The minimum atomic E-state index is -1.64. The Balaban J connectivity index is 3.16. The van der Waals surface area contributed by atoms with Crippen LogP contribution >= 0.6 is 31.9 Å². The van der Waals surface area contributed by atoms with Gasteiger partial charge in [0.15, 0.2) is 11.1 Å². The van der Waals surface area contributed by atoms with Gasteiger partial charge in [-0.15, -0.1) is 0 Å². The molecule has 56 valence electrons. The van der Waals surface area contributed by atoms with E-state index in [1.807, 2.05) is 0 Å². The molecule has 0 heterocycles. The first kappa shape index (κ1) is 10.1. The van der Waals surface area contributed by atoms with E-state index >= 15 is 0 Å². The maximum atomic E-state index is 10.1. The molecule has 0 fully saturated rings. The van der Waals surface area contributed by atoms with Gasteiger partial charge in [0, 0.05) is 10.2 Å². The molecule has 0 aliphatic rings. The molecule has 2 nitrogen and oxygen atoms in total. The van der Waals surface area contributed by atoms with Crippen LogP contribution in [0.3, 0.4) is 0 Å². The molecule has 0 amide bonds. The van der Waals surface area contributed by atoms with E-state index in [1.54, 1.807) is 0 Å². The second-order valence-corrected chi connectivity index (χ2v) is 4.56. The minimum absolute atomic E-state index is 0.314. The topological polar surface area (TPSA) is 37.3 Å².